The van der Waals surface area contributed by atoms with Gasteiger partial charge in [0, 0.05) is 23.4 Å². The van der Waals surface area contributed by atoms with Crippen LogP contribution in [0.25, 0.3) is 0 Å². The molecule has 1 aromatic rings. The van der Waals surface area contributed by atoms with Crippen LogP contribution in [0.1, 0.15) is 15.3 Å². The first-order valence-electron chi connectivity index (χ1n) is 5.20. The third-order valence-corrected chi connectivity index (χ3v) is 3.67. The number of methoxy groups -OCH3 is 1. The number of thiocarbonyl (C=S) groups is 1. The van der Waals surface area contributed by atoms with Crippen molar-refractivity contribution in [2.24, 2.45) is 0 Å². The van der Waals surface area contributed by atoms with Gasteiger partial charge < -0.3 is 15.4 Å². The Labute approximate surface area is 106 Å². The van der Waals surface area contributed by atoms with Crippen molar-refractivity contribution in [3.05, 3.63) is 21.4 Å². The van der Waals surface area contributed by atoms with Gasteiger partial charge in [0.05, 0.1) is 13.2 Å². The molecule has 0 aliphatic carbocycles. The van der Waals surface area contributed by atoms with Crippen LogP contribution in [0.5, 0.6) is 0 Å². The maximum Gasteiger partial charge on any atom is 0.166 e. The Morgan fingerprint density at radius 3 is 2.75 bits per heavy atom. The molecule has 0 fully saturated rings. The average Bonchev–Trinajstić information content (AvgIpc) is 2.56. The Balaban J connectivity index is 2.26. The second-order valence-corrected chi connectivity index (χ2v) is 5.30. The highest BCUT2D eigenvalue weighted by atomic mass is 32.1. The fourth-order valence-corrected chi connectivity index (χ4v) is 2.40. The molecule has 1 heterocycles. The van der Waals surface area contributed by atoms with E-state index in [9.17, 15) is 0 Å². The first-order valence-corrected chi connectivity index (χ1v) is 6.42. The zero-order valence-electron chi connectivity index (χ0n) is 9.92. The molecule has 0 saturated carbocycles. The molecule has 1 rings (SSSR count). The fourth-order valence-electron chi connectivity index (χ4n) is 1.23. The number of aryl methyl sites for hydroxylation is 2. The van der Waals surface area contributed by atoms with Crippen LogP contribution in [0.4, 0.5) is 0 Å². The van der Waals surface area contributed by atoms with Crippen LogP contribution >= 0.6 is 23.6 Å². The van der Waals surface area contributed by atoms with Gasteiger partial charge in [-0.1, -0.05) is 0 Å². The minimum absolute atomic E-state index is 0.666. The standard InChI is InChI=1S/C11H18N2OS2/c1-8-6-10(16-9(8)2)7-13-11(15)12-4-5-14-3/h6H,4-5,7H2,1-3H3,(H2,12,13,15). The summed E-state index contributed by atoms with van der Waals surface area (Å²) >= 11 is 6.94. The van der Waals surface area contributed by atoms with E-state index in [-0.39, 0.29) is 0 Å². The summed E-state index contributed by atoms with van der Waals surface area (Å²) in [7, 11) is 1.68. The van der Waals surface area contributed by atoms with E-state index >= 15 is 0 Å². The second-order valence-electron chi connectivity index (χ2n) is 3.55. The van der Waals surface area contributed by atoms with Crippen molar-refractivity contribution in [1.29, 1.82) is 0 Å². The molecule has 0 atom stereocenters. The van der Waals surface area contributed by atoms with Crippen molar-refractivity contribution in [1.82, 2.24) is 10.6 Å². The zero-order chi connectivity index (χ0) is 12.0. The van der Waals surface area contributed by atoms with E-state index in [2.05, 4.69) is 30.5 Å². The van der Waals surface area contributed by atoms with Gasteiger partial charge in [0.1, 0.15) is 0 Å². The molecule has 16 heavy (non-hydrogen) atoms. The van der Waals surface area contributed by atoms with Gasteiger partial charge in [0.2, 0.25) is 0 Å². The quantitative estimate of drug-likeness (QED) is 0.625. The van der Waals surface area contributed by atoms with Gasteiger partial charge in [-0.05, 0) is 37.7 Å². The van der Waals surface area contributed by atoms with Gasteiger partial charge in [-0.3, -0.25) is 0 Å². The molecule has 90 valence electrons. The van der Waals surface area contributed by atoms with E-state index in [1.165, 1.54) is 15.3 Å². The van der Waals surface area contributed by atoms with Crippen molar-refractivity contribution < 1.29 is 4.74 Å². The topological polar surface area (TPSA) is 33.3 Å². The molecule has 0 aliphatic heterocycles. The summed E-state index contributed by atoms with van der Waals surface area (Å²) in [5.74, 6) is 0. The van der Waals surface area contributed by atoms with E-state index < -0.39 is 0 Å². The number of hydrogen-bond acceptors (Lipinski definition) is 3. The molecule has 0 unspecified atom stereocenters. The lowest BCUT2D eigenvalue weighted by atomic mass is 10.3. The predicted octanol–water partition coefficient (Wildman–Crippen LogP) is 1.98. The van der Waals surface area contributed by atoms with Crippen LogP contribution in [0.3, 0.4) is 0 Å². The largest absolute Gasteiger partial charge is 0.383 e. The third kappa shape index (κ3) is 4.47. The molecule has 0 bridgehead atoms. The Kier molecular flexibility index (Phi) is 5.73. The van der Waals surface area contributed by atoms with Gasteiger partial charge in [-0.25, -0.2) is 0 Å². The molecule has 3 nitrogen and oxygen atoms in total. The summed E-state index contributed by atoms with van der Waals surface area (Å²) in [6, 6.07) is 2.20. The summed E-state index contributed by atoms with van der Waals surface area (Å²) < 4.78 is 4.93. The zero-order valence-corrected chi connectivity index (χ0v) is 11.6. The van der Waals surface area contributed by atoms with Gasteiger partial charge in [-0.15, -0.1) is 11.3 Å². The normalized spacial score (nSPS) is 10.2. The van der Waals surface area contributed by atoms with Crippen LogP contribution in [0.2, 0.25) is 0 Å². The summed E-state index contributed by atoms with van der Waals surface area (Å²) in [6.45, 7) is 6.46. The SMILES string of the molecule is COCCNC(=S)NCc1cc(C)c(C)s1. The van der Waals surface area contributed by atoms with Gasteiger partial charge in [-0.2, -0.15) is 0 Å². The van der Waals surface area contributed by atoms with E-state index in [0.717, 1.165) is 13.1 Å². The fraction of sp³-hybridized carbons (Fsp3) is 0.545. The molecular formula is C11H18N2OS2. The van der Waals surface area contributed by atoms with Gasteiger partial charge in [0.15, 0.2) is 5.11 Å². The molecule has 0 spiro atoms. The Morgan fingerprint density at radius 2 is 2.19 bits per heavy atom. The summed E-state index contributed by atoms with van der Waals surface area (Å²) in [6.07, 6.45) is 0. The molecular weight excluding hydrogens is 240 g/mol. The highest BCUT2D eigenvalue weighted by Crippen LogP contribution is 2.19. The van der Waals surface area contributed by atoms with E-state index in [1.807, 2.05) is 11.3 Å². The van der Waals surface area contributed by atoms with Crippen molar-refractivity contribution in [3.8, 4) is 0 Å². The maximum absolute atomic E-state index is 5.13. The molecule has 5 heteroatoms. The highest BCUT2D eigenvalue weighted by molar-refractivity contribution is 7.80. The van der Waals surface area contributed by atoms with E-state index in [0.29, 0.717) is 11.7 Å². The van der Waals surface area contributed by atoms with Crippen LogP contribution in [0, 0.1) is 13.8 Å². The molecule has 0 aromatic carbocycles. The molecule has 1 aromatic heterocycles. The van der Waals surface area contributed by atoms with Gasteiger partial charge >= 0.3 is 0 Å². The van der Waals surface area contributed by atoms with Gasteiger partial charge in [0.25, 0.3) is 0 Å². The van der Waals surface area contributed by atoms with Crippen molar-refractivity contribution in [2.75, 3.05) is 20.3 Å². The Bertz CT molecular complexity index is 330. The van der Waals surface area contributed by atoms with E-state index in [4.69, 9.17) is 17.0 Å². The van der Waals surface area contributed by atoms with Crippen LogP contribution in [-0.4, -0.2) is 25.4 Å². The first kappa shape index (κ1) is 13.4. The Hall–Kier alpha value is -0.650. The molecule has 0 aliphatic rings. The minimum Gasteiger partial charge on any atom is -0.383 e. The molecule has 0 radical (unpaired) electrons. The lowest BCUT2D eigenvalue weighted by Crippen LogP contribution is -2.36. The molecule has 0 saturated heterocycles. The third-order valence-electron chi connectivity index (χ3n) is 2.23. The maximum atomic E-state index is 5.13. The Morgan fingerprint density at radius 1 is 1.44 bits per heavy atom. The number of nitrogens with one attached hydrogen (secondary N) is 2. The molecule has 2 N–H and O–H groups in total. The summed E-state index contributed by atoms with van der Waals surface area (Å²) in [5.41, 5.74) is 1.35. The van der Waals surface area contributed by atoms with Crippen molar-refractivity contribution in [3.63, 3.8) is 0 Å². The van der Waals surface area contributed by atoms with Crippen molar-refractivity contribution in [2.45, 2.75) is 20.4 Å². The summed E-state index contributed by atoms with van der Waals surface area (Å²) in [5, 5.41) is 6.93. The van der Waals surface area contributed by atoms with E-state index in [1.54, 1.807) is 7.11 Å². The number of thiophene rings is 1. The lowest BCUT2D eigenvalue weighted by Gasteiger charge is -2.08. The predicted molar refractivity (Wildman–Crippen MR) is 73.1 cm³/mol. The summed E-state index contributed by atoms with van der Waals surface area (Å²) in [4.78, 5) is 2.68. The highest BCUT2D eigenvalue weighted by Gasteiger charge is 2.01. The second kappa shape index (κ2) is 6.83. The van der Waals surface area contributed by atoms with Crippen LogP contribution < -0.4 is 10.6 Å². The van der Waals surface area contributed by atoms with Crippen molar-refractivity contribution >= 4 is 28.7 Å². The lowest BCUT2D eigenvalue weighted by molar-refractivity contribution is 0.204. The monoisotopic (exact) mass is 258 g/mol. The smallest absolute Gasteiger partial charge is 0.166 e. The van der Waals surface area contributed by atoms with Crippen LogP contribution in [0.15, 0.2) is 6.07 Å². The number of rotatable bonds is 5. The number of hydrogen-bond donors (Lipinski definition) is 2. The molecule has 0 amide bonds. The van der Waals surface area contributed by atoms with Crippen LogP contribution in [-0.2, 0) is 11.3 Å². The first-order chi connectivity index (χ1) is 7.63. The average molecular weight is 258 g/mol. The number of ether oxygens (including phenoxy) is 1. The minimum atomic E-state index is 0.666.